The minimum atomic E-state index is 0.819. The number of nitrogens with zero attached hydrogens (tertiary/aromatic N) is 1. The first-order chi connectivity index (χ1) is 9.74. The normalized spacial score (nSPS) is 12.8. The number of ether oxygens (including phenoxy) is 1. The van der Waals surface area contributed by atoms with E-state index in [1.54, 1.807) is 0 Å². The van der Waals surface area contributed by atoms with Crippen LogP contribution in [0.5, 0.6) is 5.75 Å². The lowest BCUT2D eigenvalue weighted by Crippen LogP contribution is -2.21. The smallest absolute Gasteiger partial charge is 0.122 e. The molecule has 0 saturated heterocycles. The number of para-hydroxylation sites is 2. The zero-order valence-electron chi connectivity index (χ0n) is 11.8. The second kappa shape index (κ2) is 5.45. The number of nitrogens with two attached hydrogens (primary N) is 1. The summed E-state index contributed by atoms with van der Waals surface area (Å²) < 4.78 is 5.54. The summed E-state index contributed by atoms with van der Waals surface area (Å²) in [4.78, 5) is 2.21. The Bertz CT molecular complexity index is 610. The van der Waals surface area contributed by atoms with E-state index in [0.29, 0.717) is 0 Å². The molecule has 0 saturated carbocycles. The zero-order chi connectivity index (χ0) is 13.9. The van der Waals surface area contributed by atoms with Crippen molar-refractivity contribution in [3.63, 3.8) is 0 Å². The maximum atomic E-state index is 6.01. The molecule has 0 amide bonds. The Labute approximate surface area is 120 Å². The molecule has 0 atom stereocenters. The number of likely N-dealkylation sites (N-methyl/N-ethyl adjacent to an activating group) is 1. The predicted octanol–water partition coefficient (Wildman–Crippen LogP) is 2.88. The van der Waals surface area contributed by atoms with Crippen molar-refractivity contribution in [2.24, 2.45) is 0 Å². The molecular weight excluding hydrogens is 248 g/mol. The van der Waals surface area contributed by atoms with E-state index in [0.717, 1.165) is 43.1 Å². The molecule has 2 N–H and O–H groups in total. The lowest BCUT2D eigenvalue weighted by Gasteiger charge is -2.21. The van der Waals surface area contributed by atoms with Gasteiger partial charge in [0.25, 0.3) is 0 Å². The maximum Gasteiger partial charge on any atom is 0.122 e. The average Bonchev–Trinajstić information content (AvgIpc) is 2.92. The summed E-state index contributed by atoms with van der Waals surface area (Å²) in [5.41, 5.74) is 10.6. The van der Waals surface area contributed by atoms with E-state index >= 15 is 0 Å². The van der Waals surface area contributed by atoms with Crippen LogP contribution in [0.2, 0.25) is 0 Å². The van der Waals surface area contributed by atoms with Crippen molar-refractivity contribution in [2.45, 2.75) is 12.8 Å². The van der Waals surface area contributed by atoms with Gasteiger partial charge >= 0.3 is 0 Å². The Morgan fingerprint density at radius 1 is 1.20 bits per heavy atom. The molecule has 3 rings (SSSR count). The molecule has 0 bridgehead atoms. The zero-order valence-corrected chi connectivity index (χ0v) is 11.8. The number of rotatable bonds is 4. The number of nitrogen functional groups attached to an aromatic ring is 1. The molecule has 0 aromatic heterocycles. The molecule has 1 aliphatic rings. The van der Waals surface area contributed by atoms with E-state index in [1.807, 2.05) is 18.2 Å². The van der Waals surface area contributed by atoms with Crippen molar-refractivity contribution in [3.05, 3.63) is 53.6 Å². The van der Waals surface area contributed by atoms with Crippen LogP contribution >= 0.6 is 0 Å². The van der Waals surface area contributed by atoms with E-state index in [4.69, 9.17) is 10.5 Å². The SMILES string of the molecule is CN(CCc1ccc2c(c1)CCO2)c1ccccc1N. The van der Waals surface area contributed by atoms with Gasteiger partial charge in [0.15, 0.2) is 0 Å². The lowest BCUT2D eigenvalue weighted by molar-refractivity contribution is 0.357. The Kier molecular flexibility index (Phi) is 3.50. The Morgan fingerprint density at radius 2 is 2.05 bits per heavy atom. The van der Waals surface area contributed by atoms with E-state index in [1.165, 1.54) is 11.1 Å². The van der Waals surface area contributed by atoms with Crippen molar-refractivity contribution < 1.29 is 4.74 Å². The van der Waals surface area contributed by atoms with Crippen molar-refractivity contribution in [1.82, 2.24) is 0 Å². The molecule has 0 unspecified atom stereocenters. The molecular formula is C17H20N2O. The second-order valence-electron chi connectivity index (χ2n) is 5.27. The van der Waals surface area contributed by atoms with Crippen molar-refractivity contribution in [3.8, 4) is 5.75 Å². The molecule has 0 fully saturated rings. The number of anilines is 2. The molecule has 0 spiro atoms. The van der Waals surface area contributed by atoms with Gasteiger partial charge in [-0.2, -0.15) is 0 Å². The quantitative estimate of drug-likeness (QED) is 0.867. The topological polar surface area (TPSA) is 38.5 Å². The Hall–Kier alpha value is -2.16. The van der Waals surface area contributed by atoms with E-state index in [2.05, 4.69) is 36.2 Å². The van der Waals surface area contributed by atoms with Crippen LogP contribution in [0.25, 0.3) is 0 Å². The fourth-order valence-corrected chi connectivity index (χ4v) is 2.65. The lowest BCUT2D eigenvalue weighted by atomic mass is 10.1. The largest absolute Gasteiger partial charge is 0.493 e. The molecule has 1 heterocycles. The summed E-state index contributed by atoms with van der Waals surface area (Å²) in [6.07, 6.45) is 2.04. The predicted molar refractivity (Wildman–Crippen MR) is 83.5 cm³/mol. The number of hydrogen-bond donors (Lipinski definition) is 1. The monoisotopic (exact) mass is 268 g/mol. The van der Waals surface area contributed by atoms with E-state index in [-0.39, 0.29) is 0 Å². The van der Waals surface area contributed by atoms with Gasteiger partial charge in [-0.25, -0.2) is 0 Å². The van der Waals surface area contributed by atoms with Gasteiger partial charge in [0.05, 0.1) is 18.0 Å². The van der Waals surface area contributed by atoms with Gasteiger partial charge in [-0.3, -0.25) is 0 Å². The highest BCUT2D eigenvalue weighted by Crippen LogP contribution is 2.26. The van der Waals surface area contributed by atoms with Gasteiger partial charge in [0.1, 0.15) is 5.75 Å². The second-order valence-corrected chi connectivity index (χ2v) is 5.27. The third kappa shape index (κ3) is 2.57. The summed E-state index contributed by atoms with van der Waals surface area (Å²) in [5, 5.41) is 0. The highest BCUT2D eigenvalue weighted by molar-refractivity contribution is 5.66. The standard InChI is InChI=1S/C17H20N2O/c1-19(16-5-3-2-4-15(16)18)10-8-13-6-7-17-14(12-13)9-11-20-17/h2-7,12H,8-11,18H2,1H3. The first-order valence-corrected chi connectivity index (χ1v) is 7.04. The fourth-order valence-electron chi connectivity index (χ4n) is 2.65. The first-order valence-electron chi connectivity index (χ1n) is 7.04. The van der Waals surface area contributed by atoms with Crippen molar-refractivity contribution in [1.29, 1.82) is 0 Å². The Balaban J connectivity index is 1.66. The number of benzene rings is 2. The summed E-state index contributed by atoms with van der Waals surface area (Å²) >= 11 is 0. The van der Waals surface area contributed by atoms with Gasteiger partial charge in [0, 0.05) is 20.0 Å². The third-order valence-electron chi connectivity index (χ3n) is 3.84. The average molecular weight is 268 g/mol. The van der Waals surface area contributed by atoms with Crippen LogP contribution in [0, 0.1) is 0 Å². The summed E-state index contributed by atoms with van der Waals surface area (Å²) in [5.74, 6) is 1.05. The minimum absolute atomic E-state index is 0.819. The number of hydrogen-bond acceptors (Lipinski definition) is 3. The van der Waals surface area contributed by atoms with Crippen LogP contribution in [-0.2, 0) is 12.8 Å². The summed E-state index contributed by atoms with van der Waals surface area (Å²) in [7, 11) is 2.09. The fraction of sp³-hybridized carbons (Fsp3) is 0.294. The van der Waals surface area contributed by atoms with Crippen LogP contribution in [-0.4, -0.2) is 20.2 Å². The maximum absolute atomic E-state index is 6.01. The van der Waals surface area contributed by atoms with Crippen LogP contribution < -0.4 is 15.4 Å². The Morgan fingerprint density at radius 3 is 2.90 bits per heavy atom. The van der Waals surface area contributed by atoms with Gasteiger partial charge in [-0.15, -0.1) is 0 Å². The first kappa shape index (κ1) is 12.9. The van der Waals surface area contributed by atoms with Gasteiger partial charge < -0.3 is 15.4 Å². The highest BCUT2D eigenvalue weighted by Gasteiger charge is 2.12. The van der Waals surface area contributed by atoms with Crippen LogP contribution in [0.4, 0.5) is 11.4 Å². The summed E-state index contributed by atoms with van der Waals surface area (Å²) in [6, 6.07) is 14.5. The molecule has 2 aromatic rings. The van der Waals surface area contributed by atoms with E-state index < -0.39 is 0 Å². The molecule has 3 heteroatoms. The van der Waals surface area contributed by atoms with Crippen LogP contribution in [0.1, 0.15) is 11.1 Å². The molecule has 2 aromatic carbocycles. The van der Waals surface area contributed by atoms with Gasteiger partial charge in [-0.1, -0.05) is 24.3 Å². The molecule has 0 radical (unpaired) electrons. The summed E-state index contributed by atoms with van der Waals surface area (Å²) in [6.45, 7) is 1.77. The highest BCUT2D eigenvalue weighted by atomic mass is 16.5. The molecule has 0 aliphatic carbocycles. The molecule has 1 aliphatic heterocycles. The third-order valence-corrected chi connectivity index (χ3v) is 3.84. The van der Waals surface area contributed by atoms with Crippen LogP contribution in [0.15, 0.2) is 42.5 Å². The van der Waals surface area contributed by atoms with Gasteiger partial charge in [-0.05, 0) is 35.7 Å². The van der Waals surface area contributed by atoms with Crippen molar-refractivity contribution in [2.75, 3.05) is 30.8 Å². The van der Waals surface area contributed by atoms with Crippen LogP contribution in [0.3, 0.4) is 0 Å². The molecule has 104 valence electrons. The van der Waals surface area contributed by atoms with Crippen molar-refractivity contribution >= 4 is 11.4 Å². The minimum Gasteiger partial charge on any atom is -0.493 e. The molecule has 20 heavy (non-hydrogen) atoms. The molecule has 3 nitrogen and oxygen atoms in total. The number of fused-ring (bicyclic) bond motifs is 1. The van der Waals surface area contributed by atoms with Gasteiger partial charge in [0.2, 0.25) is 0 Å². The van der Waals surface area contributed by atoms with E-state index in [9.17, 15) is 0 Å².